The maximum atomic E-state index is 12.4. The number of ether oxygens (including phenoxy) is 2. The van der Waals surface area contributed by atoms with E-state index in [-0.39, 0.29) is 23.7 Å². The van der Waals surface area contributed by atoms with E-state index in [4.69, 9.17) is 15.9 Å². The van der Waals surface area contributed by atoms with Crippen molar-refractivity contribution in [1.29, 1.82) is 0 Å². The zero-order valence-corrected chi connectivity index (χ0v) is 18.6. The second-order valence-corrected chi connectivity index (χ2v) is 8.07. The molecule has 2 amide bonds. The molecule has 10 heteroatoms. The third kappa shape index (κ3) is 5.07. The van der Waals surface area contributed by atoms with E-state index in [1.165, 1.54) is 19.2 Å². The summed E-state index contributed by atoms with van der Waals surface area (Å²) < 4.78 is 11.8. The average molecular weight is 503 g/mol. The molecule has 0 spiro atoms. The topological polar surface area (TPSA) is 99.0 Å². The van der Waals surface area contributed by atoms with E-state index >= 15 is 0 Å². The Balaban J connectivity index is 1.83. The zero-order valence-electron chi connectivity index (χ0n) is 16.2. The first-order chi connectivity index (χ1) is 14.8. The van der Waals surface area contributed by atoms with E-state index in [1.54, 1.807) is 30.3 Å². The molecular weight excluding hydrogens is 488 g/mol. The van der Waals surface area contributed by atoms with Gasteiger partial charge in [-0.1, -0.05) is 18.1 Å². The van der Waals surface area contributed by atoms with Crippen LogP contribution in [0.3, 0.4) is 0 Å². The minimum atomic E-state index is -0.472. The molecule has 0 radical (unpaired) electrons. The highest BCUT2D eigenvalue weighted by atomic mass is 79.9. The highest BCUT2D eigenvalue weighted by molar-refractivity contribution is 9.10. The number of nitro groups is 1. The number of halogens is 1. The van der Waals surface area contributed by atoms with Crippen LogP contribution in [0.25, 0.3) is 6.08 Å². The first kappa shape index (κ1) is 22.4. The molecule has 0 aliphatic carbocycles. The van der Waals surface area contributed by atoms with Gasteiger partial charge in [0.1, 0.15) is 6.61 Å². The van der Waals surface area contributed by atoms with Gasteiger partial charge in [-0.25, -0.2) is 0 Å². The van der Waals surface area contributed by atoms with Gasteiger partial charge in [0.15, 0.2) is 11.5 Å². The number of non-ortho nitro benzene ring substituents is 1. The van der Waals surface area contributed by atoms with Crippen LogP contribution < -0.4 is 9.47 Å². The number of methoxy groups -OCH3 is 1. The molecule has 0 aromatic heterocycles. The lowest BCUT2D eigenvalue weighted by Crippen LogP contribution is -2.28. The van der Waals surface area contributed by atoms with Crippen molar-refractivity contribution < 1.29 is 24.0 Å². The number of benzene rings is 2. The molecule has 1 heterocycles. The predicted octanol–water partition coefficient (Wildman–Crippen LogP) is 4.61. The fraction of sp³-hybridized carbons (Fsp3) is 0.143. The molecule has 1 aliphatic rings. The molecular formula is C21H15BrN2O6S. The lowest BCUT2D eigenvalue weighted by molar-refractivity contribution is -0.384. The fourth-order valence-corrected chi connectivity index (χ4v) is 4.17. The maximum Gasteiger partial charge on any atom is 0.294 e. The van der Waals surface area contributed by atoms with E-state index in [0.717, 1.165) is 16.7 Å². The summed E-state index contributed by atoms with van der Waals surface area (Å²) in [5, 5.41) is 10.5. The normalized spacial score (nSPS) is 14.6. The second kappa shape index (κ2) is 9.68. The highest BCUT2D eigenvalue weighted by Crippen LogP contribution is 2.39. The monoisotopic (exact) mass is 502 g/mol. The maximum absolute atomic E-state index is 12.4. The van der Waals surface area contributed by atoms with Crippen LogP contribution >= 0.6 is 27.7 Å². The lowest BCUT2D eigenvalue weighted by Gasteiger charge is -2.14. The van der Waals surface area contributed by atoms with Crippen LogP contribution in [-0.2, 0) is 11.4 Å². The summed E-state index contributed by atoms with van der Waals surface area (Å²) in [6, 6.07) is 9.50. The van der Waals surface area contributed by atoms with E-state index < -0.39 is 16.1 Å². The van der Waals surface area contributed by atoms with Gasteiger partial charge in [0.2, 0.25) is 0 Å². The molecule has 1 aliphatic heterocycles. The van der Waals surface area contributed by atoms with Gasteiger partial charge in [-0.15, -0.1) is 6.42 Å². The Labute approximate surface area is 190 Å². The Kier molecular flexibility index (Phi) is 6.99. The Bertz CT molecular complexity index is 1140. The quantitative estimate of drug-likeness (QED) is 0.235. The number of imide groups is 1. The summed E-state index contributed by atoms with van der Waals surface area (Å²) in [4.78, 5) is 36.0. The first-order valence-corrected chi connectivity index (χ1v) is 10.4. The van der Waals surface area contributed by atoms with Crippen molar-refractivity contribution >= 4 is 50.6 Å². The summed E-state index contributed by atoms with van der Waals surface area (Å²) in [6.07, 6.45) is 6.77. The Hall–Kier alpha value is -3.29. The molecule has 0 unspecified atom stereocenters. The average Bonchev–Trinajstić information content (AvgIpc) is 3.00. The molecule has 8 nitrogen and oxygen atoms in total. The summed E-state index contributed by atoms with van der Waals surface area (Å²) in [5.41, 5.74) is 1.20. The van der Waals surface area contributed by atoms with Crippen LogP contribution in [0.5, 0.6) is 11.5 Å². The smallest absolute Gasteiger partial charge is 0.294 e. The predicted molar refractivity (Wildman–Crippen MR) is 120 cm³/mol. The molecule has 0 saturated carbocycles. The number of hydrogen-bond acceptors (Lipinski definition) is 7. The Morgan fingerprint density at radius 1 is 1.32 bits per heavy atom. The summed E-state index contributed by atoms with van der Waals surface area (Å²) in [6.45, 7) is 0.000409. The lowest BCUT2D eigenvalue weighted by atomic mass is 10.1. The number of carbonyl (C=O) groups is 2. The number of carbonyl (C=O) groups excluding carboxylic acids is 2. The molecule has 158 valence electrons. The van der Waals surface area contributed by atoms with Gasteiger partial charge in [0.05, 0.1) is 28.0 Å². The molecule has 3 rings (SSSR count). The molecule has 0 N–H and O–H groups in total. The SMILES string of the molecule is C#CCN1C(=O)SC(=Cc2cc(Br)c(OCc3cccc([N+](=O)[O-])c3)c(OC)c2)C1=O. The largest absolute Gasteiger partial charge is 0.493 e. The van der Waals surface area contributed by atoms with Gasteiger partial charge in [-0.3, -0.25) is 24.6 Å². The molecule has 1 fully saturated rings. The second-order valence-electron chi connectivity index (χ2n) is 6.22. The molecule has 0 atom stereocenters. The highest BCUT2D eigenvalue weighted by Gasteiger charge is 2.34. The van der Waals surface area contributed by atoms with Crippen molar-refractivity contribution in [3.63, 3.8) is 0 Å². The number of rotatable bonds is 7. The molecule has 31 heavy (non-hydrogen) atoms. The van der Waals surface area contributed by atoms with Crippen molar-refractivity contribution in [3.05, 3.63) is 67.0 Å². The van der Waals surface area contributed by atoms with Crippen molar-refractivity contribution in [2.24, 2.45) is 0 Å². The number of amides is 2. The van der Waals surface area contributed by atoms with Crippen molar-refractivity contribution in [2.45, 2.75) is 6.61 Å². The van der Waals surface area contributed by atoms with Crippen LogP contribution in [0, 0.1) is 22.5 Å². The molecule has 2 aromatic carbocycles. The number of thioether (sulfide) groups is 1. The fourth-order valence-electron chi connectivity index (χ4n) is 2.76. The van der Waals surface area contributed by atoms with Gasteiger partial charge in [-0.2, -0.15) is 0 Å². The minimum absolute atomic E-state index is 0.0266. The number of hydrogen-bond donors (Lipinski definition) is 0. The van der Waals surface area contributed by atoms with Crippen LogP contribution in [0.1, 0.15) is 11.1 Å². The van der Waals surface area contributed by atoms with E-state index in [1.807, 2.05) is 0 Å². The number of terminal acetylenes is 1. The van der Waals surface area contributed by atoms with Crippen LogP contribution in [-0.4, -0.2) is 34.6 Å². The van der Waals surface area contributed by atoms with Crippen LogP contribution in [0.4, 0.5) is 10.5 Å². The number of nitrogens with zero attached hydrogens (tertiary/aromatic N) is 2. The van der Waals surface area contributed by atoms with E-state index in [9.17, 15) is 19.7 Å². The third-order valence-corrected chi connectivity index (χ3v) is 5.67. The number of nitro benzene ring substituents is 1. The van der Waals surface area contributed by atoms with Crippen molar-refractivity contribution in [1.82, 2.24) is 4.90 Å². The molecule has 0 bridgehead atoms. The van der Waals surface area contributed by atoms with E-state index in [0.29, 0.717) is 27.1 Å². The van der Waals surface area contributed by atoms with Gasteiger partial charge in [0.25, 0.3) is 16.8 Å². The van der Waals surface area contributed by atoms with Gasteiger partial charge >= 0.3 is 0 Å². The van der Waals surface area contributed by atoms with Crippen molar-refractivity contribution in [2.75, 3.05) is 13.7 Å². The van der Waals surface area contributed by atoms with Crippen LogP contribution in [0.2, 0.25) is 0 Å². The molecule has 1 saturated heterocycles. The summed E-state index contributed by atoms with van der Waals surface area (Å²) in [5.74, 6) is 2.62. The third-order valence-electron chi connectivity index (χ3n) is 4.18. The Morgan fingerprint density at radius 3 is 2.77 bits per heavy atom. The van der Waals surface area contributed by atoms with Gasteiger partial charge < -0.3 is 9.47 Å². The standard InChI is InChI=1S/C21H15BrN2O6S/c1-3-7-23-20(25)18(31-21(23)26)11-14-9-16(22)19(17(10-14)29-2)30-12-13-5-4-6-15(8-13)24(27)28/h1,4-6,8-11H,7,12H2,2H3. The summed E-state index contributed by atoms with van der Waals surface area (Å²) >= 11 is 4.24. The van der Waals surface area contributed by atoms with E-state index in [2.05, 4.69) is 21.9 Å². The van der Waals surface area contributed by atoms with Crippen LogP contribution in [0.15, 0.2) is 45.8 Å². The van der Waals surface area contributed by atoms with Gasteiger partial charge in [-0.05, 0) is 57.0 Å². The van der Waals surface area contributed by atoms with Crippen molar-refractivity contribution in [3.8, 4) is 23.8 Å². The van der Waals surface area contributed by atoms with Gasteiger partial charge in [0, 0.05) is 12.1 Å². The molecule has 2 aromatic rings. The zero-order chi connectivity index (χ0) is 22.5. The minimum Gasteiger partial charge on any atom is -0.493 e. The summed E-state index contributed by atoms with van der Waals surface area (Å²) in [7, 11) is 1.46. The first-order valence-electron chi connectivity index (χ1n) is 8.76. The Morgan fingerprint density at radius 2 is 2.10 bits per heavy atom.